The number of ketones is 1. The average molecular weight is 446 g/mol. The number of anilines is 1. The summed E-state index contributed by atoms with van der Waals surface area (Å²) in [5, 5.41) is 9.75. The Bertz CT molecular complexity index is 1140. The molecule has 0 atom stereocenters. The molecule has 0 spiro atoms. The van der Waals surface area contributed by atoms with Crippen LogP contribution in [0.15, 0.2) is 43.0 Å². The number of hydrogen-bond donors (Lipinski definition) is 1. The van der Waals surface area contributed by atoms with Crippen LogP contribution in [-0.4, -0.2) is 50.0 Å². The quantitative estimate of drug-likeness (QED) is 0.620. The highest BCUT2D eigenvalue weighted by atomic mass is 16.3. The van der Waals surface area contributed by atoms with E-state index in [1.54, 1.807) is 12.4 Å². The fourth-order valence-corrected chi connectivity index (χ4v) is 4.35. The van der Waals surface area contributed by atoms with Gasteiger partial charge in [0.1, 0.15) is 17.4 Å². The van der Waals surface area contributed by atoms with Crippen molar-refractivity contribution in [2.45, 2.75) is 58.5 Å². The number of aliphatic hydroxyl groups is 1. The number of piperidine rings is 1. The maximum Gasteiger partial charge on any atom is 0.148 e. The number of aliphatic hydroxyl groups excluding tert-OH is 1. The second kappa shape index (κ2) is 9.35. The minimum atomic E-state index is -0.667. The van der Waals surface area contributed by atoms with Gasteiger partial charge in [0.2, 0.25) is 0 Å². The molecule has 0 saturated carbocycles. The highest BCUT2D eigenvalue weighted by Crippen LogP contribution is 2.31. The third-order valence-electron chi connectivity index (χ3n) is 6.51. The molecule has 0 unspecified atom stereocenters. The van der Waals surface area contributed by atoms with Crippen LogP contribution >= 0.6 is 0 Å². The predicted molar refractivity (Wildman–Crippen MR) is 128 cm³/mol. The normalized spacial score (nSPS) is 15.0. The van der Waals surface area contributed by atoms with Gasteiger partial charge < -0.3 is 10.0 Å². The van der Waals surface area contributed by atoms with Crippen LogP contribution in [0.25, 0.3) is 11.1 Å². The first-order valence-electron chi connectivity index (χ1n) is 11.4. The Hall–Kier alpha value is -3.19. The molecule has 33 heavy (non-hydrogen) atoms. The summed E-state index contributed by atoms with van der Waals surface area (Å²) in [5.74, 6) is 1.60. The monoisotopic (exact) mass is 445 g/mol. The standard InChI is InChI=1S/C26H31N5O2/c1-17-11-19(20-13-28-18(2)29-14-20)5-6-23(17)26(3,4)24(33)12-21-15-27-16-25(30-21)31-9-7-22(32)8-10-31/h5-6,11,13-16,22,32H,7-10,12H2,1-4H3. The molecule has 1 saturated heterocycles. The summed E-state index contributed by atoms with van der Waals surface area (Å²) in [4.78, 5) is 33.1. The molecule has 1 fully saturated rings. The molecule has 2 aromatic heterocycles. The molecular formula is C26H31N5O2. The average Bonchev–Trinajstić information content (AvgIpc) is 2.80. The van der Waals surface area contributed by atoms with Gasteiger partial charge in [0, 0.05) is 42.7 Å². The Morgan fingerprint density at radius 2 is 1.76 bits per heavy atom. The largest absolute Gasteiger partial charge is 0.393 e. The van der Waals surface area contributed by atoms with Crippen LogP contribution in [0.1, 0.15) is 49.3 Å². The van der Waals surface area contributed by atoms with Crippen LogP contribution in [0, 0.1) is 13.8 Å². The van der Waals surface area contributed by atoms with E-state index in [0.29, 0.717) is 5.69 Å². The van der Waals surface area contributed by atoms with Crippen molar-refractivity contribution in [3.63, 3.8) is 0 Å². The molecule has 1 aliphatic rings. The highest BCUT2D eigenvalue weighted by molar-refractivity contribution is 5.91. The van der Waals surface area contributed by atoms with Crippen LogP contribution in [0.5, 0.6) is 0 Å². The fourth-order valence-electron chi connectivity index (χ4n) is 4.35. The third kappa shape index (κ3) is 5.09. The molecule has 0 bridgehead atoms. The summed E-state index contributed by atoms with van der Waals surface area (Å²) in [6.45, 7) is 9.33. The zero-order valence-corrected chi connectivity index (χ0v) is 19.7. The molecule has 1 aliphatic heterocycles. The fraction of sp³-hybridized carbons (Fsp3) is 0.423. The lowest BCUT2D eigenvalue weighted by atomic mass is 9.76. The van der Waals surface area contributed by atoms with Crippen LogP contribution in [0.2, 0.25) is 0 Å². The van der Waals surface area contributed by atoms with Crippen LogP contribution in [0.3, 0.4) is 0 Å². The first-order chi connectivity index (χ1) is 15.7. The lowest BCUT2D eigenvalue weighted by molar-refractivity contribution is -0.122. The van der Waals surface area contributed by atoms with E-state index in [0.717, 1.165) is 59.8 Å². The van der Waals surface area contributed by atoms with E-state index in [4.69, 9.17) is 4.98 Å². The van der Waals surface area contributed by atoms with Crippen molar-refractivity contribution >= 4 is 11.6 Å². The van der Waals surface area contributed by atoms with Crippen molar-refractivity contribution in [3.05, 3.63) is 65.6 Å². The first kappa shape index (κ1) is 23.0. The number of Topliss-reactive ketones (excluding diaryl/α,β-unsaturated/α-hetero) is 1. The number of nitrogens with zero attached hydrogens (tertiary/aromatic N) is 5. The summed E-state index contributed by atoms with van der Waals surface area (Å²) in [6, 6.07) is 6.14. The van der Waals surface area contributed by atoms with Gasteiger partial charge in [-0.25, -0.2) is 15.0 Å². The molecule has 0 amide bonds. The second-order valence-electron chi connectivity index (χ2n) is 9.36. The van der Waals surface area contributed by atoms with Gasteiger partial charge in [-0.2, -0.15) is 0 Å². The van der Waals surface area contributed by atoms with Gasteiger partial charge >= 0.3 is 0 Å². The summed E-state index contributed by atoms with van der Waals surface area (Å²) in [5.41, 5.74) is 4.04. The molecule has 172 valence electrons. The Labute approximate surface area is 195 Å². The van der Waals surface area contributed by atoms with Gasteiger partial charge in [-0.1, -0.05) is 18.2 Å². The molecule has 1 aromatic carbocycles. The molecular weight excluding hydrogens is 414 g/mol. The maximum absolute atomic E-state index is 13.4. The molecule has 1 N–H and O–H groups in total. The Kier molecular flexibility index (Phi) is 6.51. The van der Waals surface area contributed by atoms with E-state index in [1.807, 2.05) is 52.2 Å². The zero-order chi connectivity index (χ0) is 23.6. The summed E-state index contributed by atoms with van der Waals surface area (Å²) in [7, 11) is 0. The van der Waals surface area contributed by atoms with Crippen molar-refractivity contribution in [1.82, 2.24) is 19.9 Å². The SMILES string of the molecule is Cc1ncc(-c2ccc(C(C)(C)C(=O)Cc3cncc(N4CCC(O)CC4)n3)c(C)c2)cn1. The van der Waals surface area contributed by atoms with E-state index < -0.39 is 5.41 Å². The van der Waals surface area contributed by atoms with Crippen molar-refractivity contribution in [2.24, 2.45) is 0 Å². The van der Waals surface area contributed by atoms with Crippen molar-refractivity contribution in [1.29, 1.82) is 0 Å². The Morgan fingerprint density at radius 1 is 1.06 bits per heavy atom. The third-order valence-corrected chi connectivity index (χ3v) is 6.51. The zero-order valence-electron chi connectivity index (χ0n) is 19.7. The Morgan fingerprint density at radius 3 is 2.42 bits per heavy atom. The first-order valence-corrected chi connectivity index (χ1v) is 11.4. The minimum Gasteiger partial charge on any atom is -0.393 e. The number of carbonyl (C=O) groups is 1. The lowest BCUT2D eigenvalue weighted by Gasteiger charge is -2.30. The van der Waals surface area contributed by atoms with E-state index in [9.17, 15) is 9.90 Å². The van der Waals surface area contributed by atoms with Gasteiger partial charge in [-0.15, -0.1) is 0 Å². The minimum absolute atomic E-state index is 0.0949. The van der Waals surface area contributed by atoms with Gasteiger partial charge in [0.05, 0.1) is 24.4 Å². The highest BCUT2D eigenvalue weighted by Gasteiger charge is 2.31. The Balaban J connectivity index is 1.51. The van der Waals surface area contributed by atoms with Gasteiger partial charge in [0.15, 0.2) is 0 Å². The van der Waals surface area contributed by atoms with E-state index in [2.05, 4.69) is 25.9 Å². The van der Waals surface area contributed by atoms with Crippen molar-refractivity contribution < 1.29 is 9.90 Å². The van der Waals surface area contributed by atoms with Crippen molar-refractivity contribution in [2.75, 3.05) is 18.0 Å². The van der Waals surface area contributed by atoms with Crippen LogP contribution < -0.4 is 4.90 Å². The van der Waals surface area contributed by atoms with Crippen molar-refractivity contribution in [3.8, 4) is 11.1 Å². The second-order valence-corrected chi connectivity index (χ2v) is 9.36. The lowest BCUT2D eigenvalue weighted by Crippen LogP contribution is -2.36. The molecule has 3 heterocycles. The molecule has 7 heteroatoms. The van der Waals surface area contributed by atoms with E-state index in [1.165, 1.54) is 0 Å². The number of aromatic nitrogens is 4. The molecule has 0 radical (unpaired) electrons. The topological polar surface area (TPSA) is 92.1 Å². The predicted octanol–water partition coefficient (Wildman–Crippen LogP) is 3.60. The summed E-state index contributed by atoms with van der Waals surface area (Å²) in [6.07, 6.45) is 8.47. The smallest absolute Gasteiger partial charge is 0.148 e. The molecule has 7 nitrogen and oxygen atoms in total. The molecule has 0 aliphatic carbocycles. The summed E-state index contributed by atoms with van der Waals surface area (Å²) >= 11 is 0. The number of benzene rings is 1. The van der Waals surface area contributed by atoms with Crippen LogP contribution in [0.4, 0.5) is 5.82 Å². The summed E-state index contributed by atoms with van der Waals surface area (Å²) < 4.78 is 0. The number of rotatable bonds is 6. The molecule has 3 aromatic rings. The number of carbonyl (C=O) groups excluding carboxylic acids is 1. The maximum atomic E-state index is 13.4. The van der Waals surface area contributed by atoms with E-state index >= 15 is 0 Å². The molecule has 4 rings (SSSR count). The number of aryl methyl sites for hydroxylation is 2. The van der Waals surface area contributed by atoms with Crippen LogP contribution in [-0.2, 0) is 16.6 Å². The van der Waals surface area contributed by atoms with E-state index in [-0.39, 0.29) is 18.3 Å². The van der Waals surface area contributed by atoms with Gasteiger partial charge in [-0.05, 0) is 57.2 Å². The van der Waals surface area contributed by atoms with Gasteiger partial charge in [0.25, 0.3) is 0 Å². The number of hydrogen-bond acceptors (Lipinski definition) is 7. The van der Waals surface area contributed by atoms with Gasteiger partial charge in [-0.3, -0.25) is 9.78 Å².